The molecule has 0 aliphatic heterocycles. The number of hydrogen-bond donors (Lipinski definition) is 0. The Kier molecular flexibility index (Phi) is 7.14. The van der Waals surface area contributed by atoms with Crippen molar-refractivity contribution in [3.05, 3.63) is 199 Å². The van der Waals surface area contributed by atoms with Gasteiger partial charge in [-0.05, 0) is 109 Å². The average molecular weight is 720 g/mol. The first-order valence-corrected chi connectivity index (χ1v) is 19.9. The van der Waals surface area contributed by atoms with E-state index in [1.54, 1.807) is 0 Å². The highest BCUT2D eigenvalue weighted by molar-refractivity contribution is 7.26. The fourth-order valence-electron chi connectivity index (χ4n) is 9.14. The van der Waals surface area contributed by atoms with Crippen LogP contribution in [0.3, 0.4) is 0 Å². The van der Waals surface area contributed by atoms with Gasteiger partial charge in [-0.3, -0.25) is 0 Å². The first-order valence-electron chi connectivity index (χ1n) is 19.1. The van der Waals surface area contributed by atoms with Crippen LogP contribution in [0.15, 0.2) is 188 Å². The molecule has 55 heavy (non-hydrogen) atoms. The molecule has 0 spiro atoms. The lowest BCUT2D eigenvalue weighted by molar-refractivity contribution is 0.660. The highest BCUT2D eigenvalue weighted by Gasteiger charge is 2.37. The second-order valence-corrected chi connectivity index (χ2v) is 16.4. The fraction of sp³-hybridized carbons (Fsp3) is 0.0566. The summed E-state index contributed by atoms with van der Waals surface area (Å²) >= 11 is 1.88. The van der Waals surface area contributed by atoms with Gasteiger partial charge in [0.05, 0.1) is 5.69 Å². The molecule has 260 valence electrons. The summed E-state index contributed by atoms with van der Waals surface area (Å²) in [6, 6.07) is 69.6. The van der Waals surface area contributed by atoms with E-state index in [2.05, 4.69) is 207 Å². The van der Waals surface area contributed by atoms with Gasteiger partial charge in [0.2, 0.25) is 0 Å². The molecule has 1 heterocycles. The van der Waals surface area contributed by atoms with Gasteiger partial charge in [0, 0.05) is 42.5 Å². The molecule has 1 aliphatic rings. The van der Waals surface area contributed by atoms with Crippen molar-refractivity contribution in [1.82, 2.24) is 0 Å². The molecule has 0 amide bonds. The summed E-state index contributed by atoms with van der Waals surface area (Å²) in [7, 11) is 0. The normalized spacial score (nSPS) is 13.1. The van der Waals surface area contributed by atoms with Crippen LogP contribution in [0.5, 0.6) is 0 Å². The molecule has 1 nitrogen and oxygen atoms in total. The second-order valence-electron chi connectivity index (χ2n) is 15.3. The zero-order valence-electron chi connectivity index (χ0n) is 30.8. The Morgan fingerprint density at radius 2 is 1.02 bits per heavy atom. The van der Waals surface area contributed by atoms with Crippen molar-refractivity contribution in [2.75, 3.05) is 4.90 Å². The first-order chi connectivity index (χ1) is 27.0. The van der Waals surface area contributed by atoms with Gasteiger partial charge >= 0.3 is 0 Å². The van der Waals surface area contributed by atoms with Crippen molar-refractivity contribution >= 4 is 70.1 Å². The third-order valence-electron chi connectivity index (χ3n) is 11.9. The zero-order valence-corrected chi connectivity index (χ0v) is 31.6. The molecule has 9 aromatic carbocycles. The van der Waals surface area contributed by atoms with Gasteiger partial charge in [-0.25, -0.2) is 0 Å². The Morgan fingerprint density at radius 1 is 0.418 bits per heavy atom. The SMILES string of the molecule is CC1(C)c2ccccc2-c2c(N(c3ccc(-c4ccc5ccc6sc7ccccc7c6c5c4)cc3)c3ccc(-c4cccc5ccccc45)cc3)cccc21. The van der Waals surface area contributed by atoms with Gasteiger partial charge in [0.15, 0.2) is 0 Å². The second kappa shape index (κ2) is 12.3. The van der Waals surface area contributed by atoms with Crippen LogP contribution in [-0.4, -0.2) is 0 Å². The molecule has 0 saturated heterocycles. The smallest absolute Gasteiger partial charge is 0.0543 e. The summed E-state index contributed by atoms with van der Waals surface area (Å²) in [4.78, 5) is 2.45. The number of nitrogens with zero attached hydrogens (tertiary/aromatic N) is 1. The van der Waals surface area contributed by atoms with E-state index in [9.17, 15) is 0 Å². The Hall–Kier alpha value is -6.48. The minimum atomic E-state index is -0.0923. The lowest BCUT2D eigenvalue weighted by Crippen LogP contribution is -2.16. The van der Waals surface area contributed by atoms with E-state index in [0.717, 1.165) is 11.4 Å². The maximum absolute atomic E-state index is 2.45. The Bertz CT molecular complexity index is 3110. The summed E-state index contributed by atoms with van der Waals surface area (Å²) in [5.41, 5.74) is 13.6. The third kappa shape index (κ3) is 4.99. The summed E-state index contributed by atoms with van der Waals surface area (Å²) in [6.07, 6.45) is 0. The third-order valence-corrected chi connectivity index (χ3v) is 13.0. The van der Waals surface area contributed by atoms with Gasteiger partial charge in [-0.2, -0.15) is 0 Å². The maximum Gasteiger partial charge on any atom is 0.0543 e. The highest BCUT2D eigenvalue weighted by atomic mass is 32.1. The summed E-state index contributed by atoms with van der Waals surface area (Å²) < 4.78 is 2.67. The molecule has 0 unspecified atom stereocenters. The molecule has 0 saturated carbocycles. The summed E-state index contributed by atoms with van der Waals surface area (Å²) in [5.74, 6) is 0. The zero-order chi connectivity index (χ0) is 36.7. The van der Waals surface area contributed by atoms with Crippen LogP contribution < -0.4 is 4.90 Å². The molecule has 2 heteroatoms. The van der Waals surface area contributed by atoms with E-state index in [-0.39, 0.29) is 5.41 Å². The highest BCUT2D eigenvalue weighted by Crippen LogP contribution is 2.54. The number of rotatable bonds is 5. The lowest BCUT2D eigenvalue weighted by Gasteiger charge is -2.29. The molecule has 0 bridgehead atoms. The minimum Gasteiger partial charge on any atom is -0.310 e. The van der Waals surface area contributed by atoms with Crippen molar-refractivity contribution in [3.8, 4) is 33.4 Å². The molecule has 0 N–H and O–H groups in total. The van der Waals surface area contributed by atoms with E-state index in [4.69, 9.17) is 0 Å². The topological polar surface area (TPSA) is 3.24 Å². The summed E-state index contributed by atoms with van der Waals surface area (Å²) in [6.45, 7) is 4.71. The van der Waals surface area contributed by atoms with E-state index in [1.165, 1.54) is 91.9 Å². The van der Waals surface area contributed by atoms with E-state index < -0.39 is 0 Å². The molecule has 1 aliphatic carbocycles. The molecule has 0 atom stereocenters. The van der Waals surface area contributed by atoms with Crippen LogP contribution in [0.1, 0.15) is 25.0 Å². The molecule has 11 rings (SSSR count). The Morgan fingerprint density at radius 3 is 1.85 bits per heavy atom. The van der Waals surface area contributed by atoms with Gasteiger partial charge in [0.25, 0.3) is 0 Å². The van der Waals surface area contributed by atoms with Crippen LogP contribution in [0, 0.1) is 0 Å². The predicted molar refractivity (Wildman–Crippen MR) is 237 cm³/mol. The van der Waals surface area contributed by atoms with E-state index >= 15 is 0 Å². The van der Waals surface area contributed by atoms with Crippen molar-refractivity contribution in [1.29, 1.82) is 0 Å². The van der Waals surface area contributed by atoms with Crippen molar-refractivity contribution < 1.29 is 0 Å². The maximum atomic E-state index is 2.45. The first kappa shape index (κ1) is 32.0. The standard InChI is InChI=1S/C53H37NS/c1-53(2)46-17-7-5-14-43(46)52-47(53)18-10-19-48(52)54(40-30-25-36(26-31-40)42-16-9-12-35-11-3-4-13-41(35)42)39-28-23-34(24-29-39)38-22-21-37-27-32-50-51(45(37)33-38)44-15-6-8-20-49(44)55-50/h3-33H,1-2H3. The van der Waals surface area contributed by atoms with Gasteiger partial charge < -0.3 is 4.90 Å². The largest absolute Gasteiger partial charge is 0.310 e. The number of fused-ring (bicyclic) bond motifs is 9. The van der Waals surface area contributed by atoms with Crippen LogP contribution in [0.4, 0.5) is 17.1 Å². The van der Waals surface area contributed by atoms with Gasteiger partial charge in [0.1, 0.15) is 0 Å². The number of anilines is 3. The number of benzene rings is 9. The minimum absolute atomic E-state index is 0.0923. The van der Waals surface area contributed by atoms with Crippen molar-refractivity contribution in [2.24, 2.45) is 0 Å². The van der Waals surface area contributed by atoms with Gasteiger partial charge in [-0.1, -0.05) is 153 Å². The van der Waals surface area contributed by atoms with E-state index in [0.29, 0.717) is 0 Å². The monoisotopic (exact) mass is 719 g/mol. The molecule has 10 aromatic rings. The fourth-order valence-corrected chi connectivity index (χ4v) is 10.3. The van der Waals surface area contributed by atoms with Crippen LogP contribution in [0.25, 0.3) is 75.1 Å². The van der Waals surface area contributed by atoms with Crippen LogP contribution in [-0.2, 0) is 5.41 Å². The predicted octanol–water partition coefficient (Wildman–Crippen LogP) is 15.5. The average Bonchev–Trinajstić information content (AvgIpc) is 3.74. The number of hydrogen-bond acceptors (Lipinski definition) is 2. The van der Waals surface area contributed by atoms with E-state index in [1.807, 2.05) is 11.3 Å². The Balaban J connectivity index is 1.06. The molecule has 1 aromatic heterocycles. The molecular formula is C53H37NS. The van der Waals surface area contributed by atoms with Crippen molar-refractivity contribution in [3.63, 3.8) is 0 Å². The molecular weight excluding hydrogens is 683 g/mol. The summed E-state index contributed by atoms with van der Waals surface area (Å²) in [5, 5.41) is 7.80. The quantitative estimate of drug-likeness (QED) is 0.171. The van der Waals surface area contributed by atoms with Gasteiger partial charge in [-0.15, -0.1) is 11.3 Å². The lowest BCUT2D eigenvalue weighted by atomic mass is 9.82. The van der Waals surface area contributed by atoms with Crippen LogP contribution >= 0.6 is 11.3 Å². The molecule has 0 radical (unpaired) electrons. The number of thiophene rings is 1. The Labute approximate surface area is 325 Å². The molecule has 0 fully saturated rings. The van der Waals surface area contributed by atoms with Crippen molar-refractivity contribution in [2.45, 2.75) is 19.3 Å². The van der Waals surface area contributed by atoms with Crippen LogP contribution in [0.2, 0.25) is 0 Å².